The summed E-state index contributed by atoms with van der Waals surface area (Å²) in [6, 6.07) is 3.31. The first-order valence-corrected chi connectivity index (χ1v) is 6.86. The molecule has 2 rings (SSSR count). The summed E-state index contributed by atoms with van der Waals surface area (Å²) in [5.74, 6) is -2.76. The van der Waals surface area contributed by atoms with Gasteiger partial charge < -0.3 is 4.74 Å². The van der Waals surface area contributed by atoms with Crippen LogP contribution in [-0.2, 0) is 20.9 Å². The van der Waals surface area contributed by atoms with Crippen molar-refractivity contribution in [3.8, 4) is 0 Å². The number of ketones is 1. The van der Waals surface area contributed by atoms with E-state index in [4.69, 9.17) is 4.74 Å². The summed E-state index contributed by atoms with van der Waals surface area (Å²) >= 11 is 0. The van der Waals surface area contributed by atoms with Crippen LogP contribution >= 0.6 is 0 Å². The van der Waals surface area contributed by atoms with Gasteiger partial charge in [-0.2, -0.15) is 0 Å². The number of carbonyl (C=O) groups excluding carboxylic acids is 2. The summed E-state index contributed by atoms with van der Waals surface area (Å²) in [4.78, 5) is 25.3. The maximum Gasteiger partial charge on any atom is 0.317 e. The van der Waals surface area contributed by atoms with Crippen molar-refractivity contribution in [3.05, 3.63) is 35.4 Å². The second-order valence-corrected chi connectivity index (χ2v) is 5.03. The molecule has 114 valence electrons. The highest BCUT2D eigenvalue weighted by atomic mass is 19.1. The average Bonchev–Trinajstić information content (AvgIpc) is 2.40. The van der Waals surface area contributed by atoms with Gasteiger partial charge in [0.25, 0.3) is 0 Å². The summed E-state index contributed by atoms with van der Waals surface area (Å²) in [6.07, 6.45) is 0.237. The third kappa shape index (κ3) is 4.07. The van der Waals surface area contributed by atoms with Crippen LogP contribution in [0.5, 0.6) is 0 Å². The number of carbonyl (C=O) groups is 2. The maximum absolute atomic E-state index is 13.2. The molecule has 4 nitrogen and oxygen atoms in total. The van der Waals surface area contributed by atoms with Crippen LogP contribution in [0.4, 0.5) is 8.78 Å². The van der Waals surface area contributed by atoms with E-state index in [0.717, 1.165) is 6.07 Å². The predicted molar refractivity (Wildman–Crippen MR) is 71.4 cm³/mol. The number of esters is 1. The highest BCUT2D eigenvalue weighted by Gasteiger charge is 2.33. The Kier molecular flexibility index (Phi) is 5.01. The molecule has 0 N–H and O–H groups in total. The number of hydrogen-bond donors (Lipinski definition) is 0. The largest absolute Gasteiger partial charge is 0.465 e. The lowest BCUT2D eigenvalue weighted by Gasteiger charge is -2.30. The van der Waals surface area contributed by atoms with E-state index in [1.807, 2.05) is 4.90 Å². The molecule has 1 atom stereocenters. The molecule has 1 fully saturated rings. The SMILES string of the molecule is CCOC(=O)C1CN(Cc2cc(F)cc(F)c2)CCC1=O. The Balaban J connectivity index is 2.04. The van der Waals surface area contributed by atoms with Crippen LogP contribution in [-0.4, -0.2) is 36.3 Å². The van der Waals surface area contributed by atoms with Gasteiger partial charge in [-0.05, 0) is 24.6 Å². The zero-order valence-corrected chi connectivity index (χ0v) is 11.8. The zero-order chi connectivity index (χ0) is 15.4. The molecule has 1 unspecified atom stereocenters. The molecule has 1 heterocycles. The second-order valence-electron chi connectivity index (χ2n) is 5.03. The molecule has 6 heteroatoms. The highest BCUT2D eigenvalue weighted by molar-refractivity contribution is 5.99. The van der Waals surface area contributed by atoms with Crippen molar-refractivity contribution in [2.24, 2.45) is 5.92 Å². The molecule has 0 aliphatic carbocycles. The first kappa shape index (κ1) is 15.6. The van der Waals surface area contributed by atoms with Gasteiger partial charge in [0.05, 0.1) is 6.61 Å². The molecular weight excluding hydrogens is 280 g/mol. The molecule has 1 aliphatic rings. The zero-order valence-electron chi connectivity index (χ0n) is 11.8. The Bertz CT molecular complexity index is 527. The lowest BCUT2D eigenvalue weighted by molar-refractivity contribution is -0.154. The minimum absolute atomic E-state index is 0.143. The Morgan fingerprint density at radius 3 is 2.62 bits per heavy atom. The van der Waals surface area contributed by atoms with Crippen LogP contribution in [0.2, 0.25) is 0 Å². The van der Waals surface area contributed by atoms with Gasteiger partial charge in [0.15, 0.2) is 0 Å². The van der Waals surface area contributed by atoms with Crippen LogP contribution in [0.25, 0.3) is 0 Å². The van der Waals surface area contributed by atoms with E-state index in [0.29, 0.717) is 12.1 Å². The lowest BCUT2D eigenvalue weighted by Crippen LogP contribution is -2.44. The van der Waals surface area contributed by atoms with Crippen molar-refractivity contribution < 1.29 is 23.1 Å². The van der Waals surface area contributed by atoms with E-state index in [1.54, 1.807) is 6.92 Å². The van der Waals surface area contributed by atoms with Gasteiger partial charge in [-0.15, -0.1) is 0 Å². The first-order valence-electron chi connectivity index (χ1n) is 6.86. The third-order valence-electron chi connectivity index (χ3n) is 3.40. The molecule has 1 saturated heterocycles. The monoisotopic (exact) mass is 297 g/mol. The number of ether oxygens (including phenoxy) is 1. The van der Waals surface area contributed by atoms with Crippen LogP contribution in [0.15, 0.2) is 18.2 Å². The van der Waals surface area contributed by atoms with Crippen LogP contribution in [0, 0.1) is 17.6 Å². The van der Waals surface area contributed by atoms with E-state index in [9.17, 15) is 18.4 Å². The fourth-order valence-corrected chi connectivity index (χ4v) is 2.45. The molecule has 0 radical (unpaired) electrons. The molecule has 1 aromatic carbocycles. The Morgan fingerprint density at radius 1 is 1.33 bits per heavy atom. The van der Waals surface area contributed by atoms with Crippen molar-refractivity contribution >= 4 is 11.8 Å². The van der Waals surface area contributed by atoms with Crippen molar-refractivity contribution in [1.29, 1.82) is 0 Å². The molecule has 0 amide bonds. The summed E-state index contributed by atoms with van der Waals surface area (Å²) < 4.78 is 31.2. The van der Waals surface area contributed by atoms with Crippen LogP contribution in [0.1, 0.15) is 18.9 Å². The fourth-order valence-electron chi connectivity index (χ4n) is 2.45. The van der Waals surface area contributed by atoms with Crippen LogP contribution in [0.3, 0.4) is 0 Å². The number of halogens is 2. The topological polar surface area (TPSA) is 46.6 Å². The first-order chi connectivity index (χ1) is 9.99. The van der Waals surface area contributed by atoms with Gasteiger partial charge in [0, 0.05) is 32.1 Å². The standard InChI is InChI=1S/C15H17F2NO3/c1-2-21-15(20)13-9-18(4-3-14(13)19)8-10-5-11(16)7-12(17)6-10/h5-7,13H,2-4,8-9H2,1H3. The minimum Gasteiger partial charge on any atom is -0.465 e. The van der Waals surface area contributed by atoms with Gasteiger partial charge in [-0.1, -0.05) is 0 Å². The molecule has 0 spiro atoms. The van der Waals surface area contributed by atoms with Gasteiger partial charge in [0.1, 0.15) is 23.3 Å². The van der Waals surface area contributed by atoms with Gasteiger partial charge in [-0.25, -0.2) is 8.78 Å². The predicted octanol–water partition coefficient (Wildman–Crippen LogP) is 1.92. The average molecular weight is 297 g/mol. The molecule has 0 saturated carbocycles. The molecule has 1 aliphatic heterocycles. The van der Waals surface area contributed by atoms with Crippen molar-refractivity contribution in [2.75, 3.05) is 19.7 Å². The highest BCUT2D eigenvalue weighted by Crippen LogP contribution is 2.18. The number of piperidine rings is 1. The number of rotatable bonds is 4. The number of nitrogens with zero attached hydrogens (tertiary/aromatic N) is 1. The van der Waals surface area contributed by atoms with Gasteiger partial charge >= 0.3 is 5.97 Å². The molecule has 0 bridgehead atoms. The Hall–Kier alpha value is -1.82. The molecule has 21 heavy (non-hydrogen) atoms. The molecule has 0 aromatic heterocycles. The summed E-state index contributed by atoms with van der Waals surface area (Å²) in [6.45, 7) is 2.87. The van der Waals surface area contributed by atoms with Gasteiger partial charge in [-0.3, -0.25) is 14.5 Å². The summed E-state index contributed by atoms with van der Waals surface area (Å²) in [5.41, 5.74) is 0.476. The Morgan fingerprint density at radius 2 is 2.00 bits per heavy atom. The maximum atomic E-state index is 13.2. The fraction of sp³-hybridized carbons (Fsp3) is 0.467. The quantitative estimate of drug-likeness (QED) is 0.629. The van der Waals surface area contributed by atoms with E-state index in [2.05, 4.69) is 0 Å². The van der Waals surface area contributed by atoms with E-state index < -0.39 is 23.5 Å². The number of likely N-dealkylation sites (tertiary alicyclic amines) is 1. The summed E-state index contributed by atoms with van der Waals surface area (Å²) in [7, 11) is 0. The normalized spacial score (nSPS) is 19.6. The van der Waals surface area contributed by atoms with E-state index in [-0.39, 0.29) is 31.9 Å². The second kappa shape index (κ2) is 6.76. The van der Waals surface area contributed by atoms with Crippen molar-refractivity contribution in [3.63, 3.8) is 0 Å². The van der Waals surface area contributed by atoms with Gasteiger partial charge in [0.2, 0.25) is 0 Å². The smallest absolute Gasteiger partial charge is 0.317 e. The van der Waals surface area contributed by atoms with E-state index >= 15 is 0 Å². The Labute approximate surface area is 121 Å². The van der Waals surface area contributed by atoms with E-state index in [1.165, 1.54) is 12.1 Å². The molecular formula is C15H17F2NO3. The minimum atomic E-state index is -0.808. The number of hydrogen-bond acceptors (Lipinski definition) is 4. The number of benzene rings is 1. The van der Waals surface area contributed by atoms with Crippen LogP contribution < -0.4 is 0 Å². The number of Topliss-reactive ketones (excluding diaryl/α,β-unsaturated/α-hetero) is 1. The molecule has 1 aromatic rings. The summed E-state index contributed by atoms with van der Waals surface area (Å²) in [5, 5.41) is 0. The van der Waals surface area contributed by atoms with Crippen molar-refractivity contribution in [2.45, 2.75) is 19.9 Å². The lowest BCUT2D eigenvalue weighted by atomic mass is 9.96. The third-order valence-corrected chi connectivity index (χ3v) is 3.40. The van der Waals surface area contributed by atoms with Crippen molar-refractivity contribution in [1.82, 2.24) is 4.90 Å².